The lowest BCUT2D eigenvalue weighted by molar-refractivity contribution is -0.117. The minimum Gasteiger partial charge on any atom is -0.494 e. The molecule has 1 aliphatic rings. The molecule has 2 aromatic carbocycles. The van der Waals surface area contributed by atoms with Crippen molar-refractivity contribution in [3.8, 4) is 5.75 Å². The molecule has 1 heterocycles. The molecule has 1 unspecified atom stereocenters. The van der Waals surface area contributed by atoms with Gasteiger partial charge < -0.3 is 10.1 Å². The number of hydrogen-bond donors (Lipinski definition) is 1. The molecule has 4 nitrogen and oxygen atoms in total. The first-order chi connectivity index (χ1) is 12.7. The zero-order chi connectivity index (χ0) is 18.2. The van der Waals surface area contributed by atoms with Gasteiger partial charge in [0.2, 0.25) is 5.91 Å². The van der Waals surface area contributed by atoms with E-state index in [0.717, 1.165) is 37.4 Å². The largest absolute Gasteiger partial charge is 0.494 e. The van der Waals surface area contributed by atoms with Crippen molar-refractivity contribution in [2.75, 3.05) is 19.7 Å². The Morgan fingerprint density at radius 2 is 1.96 bits per heavy atom. The topological polar surface area (TPSA) is 41.6 Å². The van der Waals surface area contributed by atoms with E-state index in [4.69, 9.17) is 4.74 Å². The Morgan fingerprint density at radius 1 is 1.19 bits per heavy atom. The first-order valence-electron chi connectivity index (χ1n) is 9.20. The molecule has 1 atom stereocenters. The summed E-state index contributed by atoms with van der Waals surface area (Å²) in [5.74, 6) is 0.809. The maximum absolute atomic E-state index is 12.2. The molecule has 0 aliphatic carbocycles. The Kier molecular flexibility index (Phi) is 6.45. The maximum atomic E-state index is 12.2. The van der Waals surface area contributed by atoms with Gasteiger partial charge in [-0.25, -0.2) is 0 Å². The van der Waals surface area contributed by atoms with Crippen molar-refractivity contribution in [2.24, 2.45) is 0 Å². The van der Waals surface area contributed by atoms with Crippen LogP contribution in [0.3, 0.4) is 0 Å². The van der Waals surface area contributed by atoms with Crippen LogP contribution in [0, 0.1) is 0 Å². The average molecular weight is 350 g/mol. The normalized spacial score (nSPS) is 17.5. The Morgan fingerprint density at radius 3 is 2.69 bits per heavy atom. The highest BCUT2D eigenvalue weighted by molar-refractivity contribution is 5.91. The predicted molar refractivity (Wildman–Crippen MR) is 105 cm³/mol. The van der Waals surface area contributed by atoms with Gasteiger partial charge in [-0.1, -0.05) is 42.5 Å². The van der Waals surface area contributed by atoms with Gasteiger partial charge in [0.05, 0.1) is 6.61 Å². The third-order valence-electron chi connectivity index (χ3n) is 4.49. The highest BCUT2D eigenvalue weighted by atomic mass is 16.5. The van der Waals surface area contributed by atoms with Crippen LogP contribution >= 0.6 is 0 Å². The van der Waals surface area contributed by atoms with Crippen LogP contribution in [-0.4, -0.2) is 36.5 Å². The SMILES string of the molecule is CCOc1ccc(/C=C/C(=O)NC2CCN(Cc3ccccc3)C2)cc1. The molecule has 136 valence electrons. The third-order valence-corrected chi connectivity index (χ3v) is 4.49. The molecule has 1 saturated heterocycles. The number of carbonyl (C=O) groups excluding carboxylic acids is 1. The van der Waals surface area contributed by atoms with Gasteiger partial charge in [0.15, 0.2) is 0 Å². The fraction of sp³-hybridized carbons (Fsp3) is 0.318. The van der Waals surface area contributed by atoms with E-state index in [9.17, 15) is 4.79 Å². The Bertz CT molecular complexity index is 726. The second-order valence-corrected chi connectivity index (χ2v) is 6.55. The Labute approximate surface area is 155 Å². The number of nitrogens with zero attached hydrogens (tertiary/aromatic N) is 1. The van der Waals surface area contributed by atoms with Gasteiger partial charge in [-0.2, -0.15) is 0 Å². The number of ether oxygens (including phenoxy) is 1. The van der Waals surface area contributed by atoms with Gasteiger partial charge in [0, 0.05) is 31.8 Å². The molecular weight excluding hydrogens is 324 g/mol. The van der Waals surface area contributed by atoms with Gasteiger partial charge in [0.25, 0.3) is 0 Å². The molecule has 0 radical (unpaired) electrons. The van der Waals surface area contributed by atoms with Crippen LogP contribution in [0.4, 0.5) is 0 Å². The summed E-state index contributed by atoms with van der Waals surface area (Å²) in [6, 6.07) is 18.4. The number of hydrogen-bond acceptors (Lipinski definition) is 3. The van der Waals surface area contributed by atoms with E-state index in [0.29, 0.717) is 6.61 Å². The third kappa shape index (κ3) is 5.46. The summed E-state index contributed by atoms with van der Waals surface area (Å²) in [7, 11) is 0. The van der Waals surface area contributed by atoms with E-state index in [1.165, 1.54) is 5.56 Å². The van der Waals surface area contributed by atoms with Crippen LogP contribution in [0.5, 0.6) is 5.75 Å². The molecule has 3 rings (SSSR count). The first kappa shape index (κ1) is 18.2. The standard InChI is InChI=1S/C22H26N2O2/c1-2-26-21-11-8-18(9-12-21)10-13-22(25)23-20-14-15-24(17-20)16-19-6-4-3-5-7-19/h3-13,20H,2,14-17H2,1H3,(H,23,25)/b13-10+. The van der Waals surface area contributed by atoms with Crippen LogP contribution in [0.1, 0.15) is 24.5 Å². The first-order valence-corrected chi connectivity index (χ1v) is 9.20. The van der Waals surface area contributed by atoms with Crippen molar-refractivity contribution in [1.29, 1.82) is 0 Å². The summed E-state index contributed by atoms with van der Waals surface area (Å²) >= 11 is 0. The minimum atomic E-state index is -0.0366. The van der Waals surface area contributed by atoms with E-state index < -0.39 is 0 Å². The monoisotopic (exact) mass is 350 g/mol. The molecular formula is C22H26N2O2. The molecule has 2 aromatic rings. The highest BCUT2D eigenvalue weighted by Crippen LogP contribution is 2.14. The zero-order valence-corrected chi connectivity index (χ0v) is 15.2. The fourth-order valence-electron chi connectivity index (χ4n) is 3.20. The summed E-state index contributed by atoms with van der Waals surface area (Å²) in [5, 5.41) is 3.10. The molecule has 0 bridgehead atoms. The summed E-state index contributed by atoms with van der Waals surface area (Å²) < 4.78 is 5.42. The number of carbonyl (C=O) groups is 1. The van der Waals surface area contributed by atoms with Crippen molar-refractivity contribution in [1.82, 2.24) is 10.2 Å². The van der Waals surface area contributed by atoms with Crippen molar-refractivity contribution in [3.63, 3.8) is 0 Å². The van der Waals surface area contributed by atoms with E-state index in [-0.39, 0.29) is 11.9 Å². The Balaban J connectivity index is 1.44. The summed E-state index contributed by atoms with van der Waals surface area (Å²) in [5.41, 5.74) is 2.30. The van der Waals surface area contributed by atoms with Crippen LogP contribution in [0.15, 0.2) is 60.7 Å². The number of rotatable bonds is 7. The predicted octanol–water partition coefficient (Wildman–Crippen LogP) is 3.49. The Hall–Kier alpha value is -2.59. The minimum absolute atomic E-state index is 0.0366. The lowest BCUT2D eigenvalue weighted by Gasteiger charge is -2.16. The number of nitrogens with one attached hydrogen (secondary N) is 1. The maximum Gasteiger partial charge on any atom is 0.244 e. The van der Waals surface area contributed by atoms with Gasteiger partial charge in [-0.15, -0.1) is 0 Å². The van der Waals surface area contributed by atoms with Gasteiger partial charge >= 0.3 is 0 Å². The fourth-order valence-corrected chi connectivity index (χ4v) is 3.20. The molecule has 0 saturated carbocycles. The molecule has 4 heteroatoms. The summed E-state index contributed by atoms with van der Waals surface area (Å²) in [6.07, 6.45) is 4.44. The lowest BCUT2D eigenvalue weighted by Crippen LogP contribution is -2.35. The summed E-state index contributed by atoms with van der Waals surface area (Å²) in [4.78, 5) is 14.6. The molecule has 1 amide bonds. The van der Waals surface area contributed by atoms with Crippen LogP contribution < -0.4 is 10.1 Å². The van der Waals surface area contributed by atoms with E-state index in [1.807, 2.05) is 43.3 Å². The van der Waals surface area contributed by atoms with Crippen molar-refractivity contribution < 1.29 is 9.53 Å². The highest BCUT2D eigenvalue weighted by Gasteiger charge is 2.23. The molecule has 1 fully saturated rings. The lowest BCUT2D eigenvalue weighted by atomic mass is 10.2. The van der Waals surface area contributed by atoms with Crippen LogP contribution in [-0.2, 0) is 11.3 Å². The van der Waals surface area contributed by atoms with E-state index >= 15 is 0 Å². The molecule has 0 aromatic heterocycles. The molecule has 1 aliphatic heterocycles. The number of likely N-dealkylation sites (tertiary alicyclic amines) is 1. The van der Waals surface area contributed by atoms with Crippen LogP contribution in [0.25, 0.3) is 6.08 Å². The second-order valence-electron chi connectivity index (χ2n) is 6.55. The number of benzene rings is 2. The zero-order valence-electron chi connectivity index (χ0n) is 15.2. The average Bonchev–Trinajstić information content (AvgIpc) is 3.09. The van der Waals surface area contributed by atoms with E-state index in [1.54, 1.807) is 6.08 Å². The van der Waals surface area contributed by atoms with Crippen LogP contribution in [0.2, 0.25) is 0 Å². The number of amides is 1. The molecule has 26 heavy (non-hydrogen) atoms. The van der Waals surface area contributed by atoms with Gasteiger partial charge in [0.1, 0.15) is 5.75 Å². The molecule has 0 spiro atoms. The van der Waals surface area contributed by atoms with Gasteiger partial charge in [-0.05, 0) is 42.7 Å². The van der Waals surface area contributed by atoms with Crippen molar-refractivity contribution in [3.05, 3.63) is 71.8 Å². The second kappa shape index (κ2) is 9.20. The van der Waals surface area contributed by atoms with Gasteiger partial charge in [-0.3, -0.25) is 9.69 Å². The molecule has 1 N–H and O–H groups in total. The van der Waals surface area contributed by atoms with Crippen molar-refractivity contribution >= 4 is 12.0 Å². The summed E-state index contributed by atoms with van der Waals surface area (Å²) in [6.45, 7) is 5.47. The van der Waals surface area contributed by atoms with Crippen molar-refractivity contribution in [2.45, 2.75) is 25.9 Å². The smallest absolute Gasteiger partial charge is 0.244 e. The quantitative estimate of drug-likeness (QED) is 0.777. The van der Waals surface area contributed by atoms with E-state index in [2.05, 4.69) is 34.5 Å².